The smallest absolute Gasteiger partial charge is 0.337 e. The lowest BCUT2D eigenvalue weighted by Gasteiger charge is -2.31. The number of halogens is 1. The summed E-state index contributed by atoms with van der Waals surface area (Å²) in [4.78, 5) is 31.3. The average Bonchev–Trinajstić information content (AvgIpc) is 3.29. The first-order valence-corrected chi connectivity index (χ1v) is 10.7. The number of nitrogens with one attached hydrogen (secondary N) is 1. The molecule has 1 aliphatic heterocycles. The number of nitrogens with zero attached hydrogens (tertiary/aromatic N) is 3. The van der Waals surface area contributed by atoms with E-state index in [0.29, 0.717) is 41.1 Å². The van der Waals surface area contributed by atoms with E-state index in [2.05, 4.69) is 20.4 Å². The summed E-state index contributed by atoms with van der Waals surface area (Å²) in [5.41, 5.74) is 1.61. The van der Waals surface area contributed by atoms with Crippen LogP contribution in [0.25, 0.3) is 11.4 Å². The number of aromatic nitrogens is 2. The van der Waals surface area contributed by atoms with E-state index in [-0.39, 0.29) is 11.8 Å². The fraction of sp³-hybridized carbons (Fsp3) is 0.304. The molecule has 8 nitrogen and oxygen atoms in total. The van der Waals surface area contributed by atoms with Crippen molar-refractivity contribution in [3.63, 3.8) is 0 Å². The largest absolute Gasteiger partial charge is 0.465 e. The van der Waals surface area contributed by atoms with Crippen molar-refractivity contribution in [2.24, 2.45) is 5.92 Å². The number of likely N-dealkylation sites (tertiary alicyclic amines) is 1. The number of rotatable bonds is 6. The molecule has 32 heavy (non-hydrogen) atoms. The quantitative estimate of drug-likeness (QED) is 0.561. The molecule has 1 aliphatic rings. The fourth-order valence-electron chi connectivity index (χ4n) is 3.73. The number of carbonyl (C=O) groups is 2. The first kappa shape index (κ1) is 22.0. The third kappa shape index (κ3) is 5.15. The third-order valence-corrected chi connectivity index (χ3v) is 5.71. The van der Waals surface area contributed by atoms with Gasteiger partial charge in [0.15, 0.2) is 0 Å². The van der Waals surface area contributed by atoms with Gasteiger partial charge in [0.2, 0.25) is 17.6 Å². The molecule has 2 aromatic carbocycles. The zero-order valence-electron chi connectivity index (χ0n) is 17.6. The summed E-state index contributed by atoms with van der Waals surface area (Å²) in [7, 11) is 1.30. The molecule has 0 bridgehead atoms. The second kappa shape index (κ2) is 9.93. The topological polar surface area (TPSA) is 97.6 Å². The van der Waals surface area contributed by atoms with Gasteiger partial charge in [0.05, 0.1) is 35.8 Å². The number of amides is 1. The highest BCUT2D eigenvalue weighted by molar-refractivity contribution is 6.33. The van der Waals surface area contributed by atoms with Crippen molar-refractivity contribution in [2.45, 2.75) is 19.4 Å². The molecule has 0 aliphatic carbocycles. The summed E-state index contributed by atoms with van der Waals surface area (Å²) in [5.74, 6) is 0.202. The van der Waals surface area contributed by atoms with Crippen LogP contribution in [0.4, 0.5) is 5.69 Å². The van der Waals surface area contributed by atoms with Crippen molar-refractivity contribution in [3.8, 4) is 11.4 Å². The summed E-state index contributed by atoms with van der Waals surface area (Å²) in [6.45, 7) is 1.87. The lowest BCUT2D eigenvalue weighted by atomic mass is 9.97. The molecule has 0 radical (unpaired) electrons. The average molecular weight is 455 g/mol. The van der Waals surface area contributed by atoms with E-state index in [1.54, 1.807) is 12.1 Å². The number of hydrogen-bond donors (Lipinski definition) is 1. The Morgan fingerprint density at radius 3 is 2.84 bits per heavy atom. The molecule has 1 atom stereocenters. The molecule has 1 aromatic heterocycles. The highest BCUT2D eigenvalue weighted by atomic mass is 35.5. The van der Waals surface area contributed by atoms with Gasteiger partial charge in [0.1, 0.15) is 0 Å². The monoisotopic (exact) mass is 454 g/mol. The van der Waals surface area contributed by atoms with E-state index in [9.17, 15) is 9.59 Å². The molecule has 3 aromatic rings. The summed E-state index contributed by atoms with van der Waals surface area (Å²) < 4.78 is 10.1. The van der Waals surface area contributed by atoms with Crippen LogP contribution in [-0.2, 0) is 16.1 Å². The molecular formula is C23H23ClN4O4. The van der Waals surface area contributed by atoms with Crippen LogP contribution < -0.4 is 5.32 Å². The first-order valence-electron chi connectivity index (χ1n) is 10.3. The van der Waals surface area contributed by atoms with Gasteiger partial charge in [-0.2, -0.15) is 4.98 Å². The van der Waals surface area contributed by atoms with E-state index >= 15 is 0 Å². The maximum Gasteiger partial charge on any atom is 0.337 e. The minimum Gasteiger partial charge on any atom is -0.465 e. The molecule has 1 saturated heterocycles. The predicted octanol–water partition coefficient (Wildman–Crippen LogP) is 4.03. The van der Waals surface area contributed by atoms with Gasteiger partial charge in [0.25, 0.3) is 0 Å². The Morgan fingerprint density at radius 1 is 1.25 bits per heavy atom. The van der Waals surface area contributed by atoms with Gasteiger partial charge in [-0.25, -0.2) is 4.79 Å². The Kier molecular flexibility index (Phi) is 6.82. The van der Waals surface area contributed by atoms with Crippen LogP contribution in [0.2, 0.25) is 5.02 Å². The van der Waals surface area contributed by atoms with Crippen LogP contribution >= 0.6 is 11.6 Å². The predicted molar refractivity (Wildman–Crippen MR) is 119 cm³/mol. The highest BCUT2D eigenvalue weighted by Gasteiger charge is 2.27. The van der Waals surface area contributed by atoms with Gasteiger partial charge in [0, 0.05) is 12.1 Å². The van der Waals surface area contributed by atoms with Crippen LogP contribution in [0.15, 0.2) is 53.1 Å². The van der Waals surface area contributed by atoms with Crippen LogP contribution in [0.3, 0.4) is 0 Å². The molecule has 9 heteroatoms. The second-order valence-electron chi connectivity index (χ2n) is 7.63. The van der Waals surface area contributed by atoms with E-state index < -0.39 is 5.97 Å². The normalized spacial score (nSPS) is 16.5. The van der Waals surface area contributed by atoms with Crippen LogP contribution in [0.5, 0.6) is 0 Å². The van der Waals surface area contributed by atoms with Gasteiger partial charge in [-0.15, -0.1) is 0 Å². The summed E-state index contributed by atoms with van der Waals surface area (Å²) in [6.07, 6.45) is 1.63. The summed E-state index contributed by atoms with van der Waals surface area (Å²) >= 11 is 6.21. The number of hydrogen-bond acceptors (Lipinski definition) is 7. The molecular weight excluding hydrogens is 432 g/mol. The van der Waals surface area contributed by atoms with E-state index in [0.717, 1.165) is 24.9 Å². The molecule has 2 heterocycles. The Bertz CT molecular complexity index is 1100. The Morgan fingerprint density at radius 2 is 2.06 bits per heavy atom. The molecule has 166 valence electrons. The van der Waals surface area contributed by atoms with Crippen molar-refractivity contribution in [1.29, 1.82) is 0 Å². The maximum atomic E-state index is 12.9. The number of piperidine rings is 1. The number of ether oxygens (including phenoxy) is 1. The van der Waals surface area contributed by atoms with Crippen molar-refractivity contribution in [2.75, 3.05) is 25.5 Å². The minimum atomic E-state index is -0.490. The lowest BCUT2D eigenvalue weighted by molar-refractivity contribution is -0.121. The summed E-state index contributed by atoms with van der Waals surface area (Å²) in [6, 6.07) is 14.3. The van der Waals surface area contributed by atoms with E-state index in [1.165, 1.54) is 13.2 Å². The first-order chi connectivity index (χ1) is 15.5. The SMILES string of the molecule is COC(=O)c1ccc(Cl)c(NC(=O)C2CCCN(Cc3nc(-c4ccccc4)no3)C2)c1. The second-order valence-corrected chi connectivity index (χ2v) is 8.03. The highest BCUT2D eigenvalue weighted by Crippen LogP contribution is 2.26. The molecule has 0 saturated carbocycles. The van der Waals surface area contributed by atoms with Crippen LogP contribution in [-0.4, -0.2) is 47.1 Å². The number of benzene rings is 2. The van der Waals surface area contributed by atoms with E-state index in [1.807, 2.05) is 30.3 Å². The number of methoxy groups -OCH3 is 1. The molecule has 1 unspecified atom stereocenters. The molecule has 1 fully saturated rings. The molecule has 0 spiro atoms. The van der Waals surface area contributed by atoms with Crippen molar-refractivity contribution in [3.05, 3.63) is 65.0 Å². The number of esters is 1. The van der Waals surface area contributed by atoms with Gasteiger partial charge < -0.3 is 14.6 Å². The van der Waals surface area contributed by atoms with E-state index in [4.69, 9.17) is 20.9 Å². The van der Waals surface area contributed by atoms with Gasteiger partial charge in [-0.05, 0) is 37.6 Å². The zero-order chi connectivity index (χ0) is 22.5. The lowest BCUT2D eigenvalue weighted by Crippen LogP contribution is -2.40. The number of carbonyl (C=O) groups excluding carboxylic acids is 2. The van der Waals surface area contributed by atoms with Crippen LogP contribution in [0.1, 0.15) is 29.1 Å². The van der Waals surface area contributed by atoms with Crippen molar-refractivity contribution >= 4 is 29.2 Å². The van der Waals surface area contributed by atoms with Crippen LogP contribution in [0, 0.1) is 5.92 Å². The minimum absolute atomic E-state index is 0.144. The Hall–Kier alpha value is -3.23. The van der Waals surface area contributed by atoms with Crippen molar-refractivity contribution < 1.29 is 18.8 Å². The van der Waals surface area contributed by atoms with Gasteiger partial charge in [-0.1, -0.05) is 47.1 Å². The molecule has 1 N–H and O–H groups in total. The zero-order valence-corrected chi connectivity index (χ0v) is 18.3. The molecule has 1 amide bonds. The molecule has 4 rings (SSSR count). The fourth-order valence-corrected chi connectivity index (χ4v) is 3.89. The van der Waals surface area contributed by atoms with Gasteiger partial charge >= 0.3 is 5.97 Å². The number of anilines is 1. The third-order valence-electron chi connectivity index (χ3n) is 5.38. The maximum absolute atomic E-state index is 12.9. The van der Waals surface area contributed by atoms with Crippen molar-refractivity contribution in [1.82, 2.24) is 15.0 Å². The standard InChI is InChI=1S/C23H23ClN4O4/c1-31-23(30)16-9-10-18(24)19(12-16)25-22(29)17-8-5-11-28(13-17)14-20-26-21(27-32-20)15-6-3-2-4-7-15/h2-4,6-7,9-10,12,17H,5,8,11,13-14H2,1H3,(H,25,29). The van der Waals surface area contributed by atoms with Gasteiger partial charge in [-0.3, -0.25) is 9.69 Å². The Labute approximate surface area is 190 Å². The summed E-state index contributed by atoms with van der Waals surface area (Å²) in [5, 5.41) is 7.27. The Balaban J connectivity index is 1.38.